The number of nitrogens with one attached hydrogen (secondary N) is 4. The quantitative estimate of drug-likeness (QED) is 0.524. The Hall–Kier alpha value is -3.06. The Morgan fingerprint density at radius 2 is 1.76 bits per heavy atom. The van der Waals surface area contributed by atoms with E-state index in [9.17, 15) is 9.59 Å². The molecule has 0 bridgehead atoms. The van der Waals surface area contributed by atoms with Crippen molar-refractivity contribution in [3.05, 3.63) is 58.1 Å². The summed E-state index contributed by atoms with van der Waals surface area (Å²) in [5.41, 5.74) is 2.96. The average Bonchev–Trinajstić information content (AvgIpc) is 3.24. The van der Waals surface area contributed by atoms with Gasteiger partial charge in [-0.05, 0) is 61.1 Å². The third kappa shape index (κ3) is 5.30. The fraction of sp³-hybridized carbons (Fsp3) is 0.400. The first-order chi connectivity index (χ1) is 15.6. The maximum absolute atomic E-state index is 12.7. The van der Waals surface area contributed by atoms with Crippen molar-refractivity contribution in [2.75, 3.05) is 18.4 Å². The van der Waals surface area contributed by atoms with Gasteiger partial charge in [-0.1, -0.05) is 38.4 Å². The highest BCUT2D eigenvalue weighted by Crippen LogP contribution is 2.37. The molecule has 174 valence electrons. The molecule has 2 fully saturated rings. The summed E-state index contributed by atoms with van der Waals surface area (Å²) >= 11 is 6.64. The van der Waals surface area contributed by atoms with Crippen LogP contribution in [0.2, 0.25) is 5.02 Å². The zero-order valence-electron chi connectivity index (χ0n) is 19.4. The van der Waals surface area contributed by atoms with Gasteiger partial charge in [-0.25, -0.2) is 0 Å². The largest absolute Gasteiger partial charge is 0.354 e. The van der Waals surface area contributed by atoms with Gasteiger partial charge in [0.2, 0.25) is 0 Å². The number of amides is 2. The molecule has 4 N–H and O–H groups in total. The molecule has 2 aromatic rings. The molecule has 1 saturated heterocycles. The third-order valence-corrected chi connectivity index (χ3v) is 6.33. The number of hydrogen-bond donors (Lipinski definition) is 4. The molecule has 1 saturated carbocycles. The monoisotopic (exact) mass is 467 g/mol. The number of halogens is 1. The fourth-order valence-electron chi connectivity index (χ4n) is 3.68. The number of rotatable bonds is 5. The van der Waals surface area contributed by atoms with Gasteiger partial charge in [0.25, 0.3) is 11.8 Å². The van der Waals surface area contributed by atoms with Gasteiger partial charge in [-0.2, -0.15) is 4.99 Å². The Morgan fingerprint density at radius 3 is 2.39 bits per heavy atom. The van der Waals surface area contributed by atoms with Gasteiger partial charge in [0, 0.05) is 29.9 Å². The summed E-state index contributed by atoms with van der Waals surface area (Å²) in [6.45, 7) is 9.77. The van der Waals surface area contributed by atoms with Gasteiger partial charge in [0.05, 0.1) is 16.3 Å². The van der Waals surface area contributed by atoms with E-state index in [-0.39, 0.29) is 22.8 Å². The normalized spacial score (nSPS) is 16.5. The lowest BCUT2D eigenvalue weighted by molar-refractivity contribution is 0.0934. The summed E-state index contributed by atoms with van der Waals surface area (Å²) in [6, 6.07) is 10.8. The van der Waals surface area contributed by atoms with E-state index < -0.39 is 0 Å². The highest BCUT2D eigenvalue weighted by atomic mass is 35.5. The van der Waals surface area contributed by atoms with Crippen LogP contribution in [0.1, 0.15) is 66.8 Å². The van der Waals surface area contributed by atoms with Crippen LogP contribution in [0.15, 0.2) is 41.4 Å². The first-order valence-corrected chi connectivity index (χ1v) is 11.6. The molecule has 0 spiro atoms. The number of hydrogen-bond acceptors (Lipinski definition) is 3. The van der Waals surface area contributed by atoms with E-state index in [2.05, 4.69) is 47.0 Å². The molecule has 0 radical (unpaired) electrons. The van der Waals surface area contributed by atoms with Crippen molar-refractivity contribution < 1.29 is 9.59 Å². The number of anilines is 2. The van der Waals surface area contributed by atoms with Crippen molar-refractivity contribution >= 4 is 40.7 Å². The van der Waals surface area contributed by atoms with Crippen LogP contribution in [0, 0.1) is 0 Å². The van der Waals surface area contributed by atoms with Crippen molar-refractivity contribution in [1.29, 1.82) is 0 Å². The lowest BCUT2D eigenvalue weighted by atomic mass is 9.84. The van der Waals surface area contributed by atoms with Gasteiger partial charge in [-0.15, -0.1) is 0 Å². The molecule has 0 unspecified atom stereocenters. The minimum atomic E-state index is -0.311. The molecule has 0 aromatic heterocycles. The van der Waals surface area contributed by atoms with Crippen LogP contribution in [0.3, 0.4) is 0 Å². The molecule has 7 nitrogen and oxygen atoms in total. The molecular weight excluding hydrogens is 438 g/mol. The van der Waals surface area contributed by atoms with Crippen LogP contribution in [-0.4, -0.2) is 36.4 Å². The molecule has 1 heterocycles. The maximum Gasteiger partial charge on any atom is 0.280 e. The Kier molecular flexibility index (Phi) is 6.10. The number of guanidine groups is 1. The van der Waals surface area contributed by atoms with E-state index >= 15 is 0 Å². The minimum Gasteiger partial charge on any atom is -0.354 e. The van der Waals surface area contributed by atoms with Crippen LogP contribution >= 0.6 is 11.6 Å². The van der Waals surface area contributed by atoms with E-state index in [4.69, 9.17) is 11.6 Å². The highest BCUT2D eigenvalue weighted by Gasteiger charge is 2.39. The molecule has 4 rings (SSSR count). The smallest absolute Gasteiger partial charge is 0.280 e. The lowest BCUT2D eigenvalue weighted by Crippen LogP contribution is -2.34. The summed E-state index contributed by atoms with van der Waals surface area (Å²) in [6.07, 6.45) is 1.96. The minimum absolute atomic E-state index is 0.126. The summed E-state index contributed by atoms with van der Waals surface area (Å²) in [5.74, 6) is 0.0181. The van der Waals surface area contributed by atoms with Crippen LogP contribution in [-0.2, 0) is 5.41 Å². The van der Waals surface area contributed by atoms with Gasteiger partial charge in [-0.3, -0.25) is 9.59 Å². The Bertz CT molecular complexity index is 1120. The molecule has 1 aliphatic heterocycles. The van der Waals surface area contributed by atoms with Gasteiger partial charge in [0.15, 0.2) is 5.96 Å². The number of carbonyl (C=O) groups is 2. The molecule has 1 aliphatic carbocycles. The van der Waals surface area contributed by atoms with Gasteiger partial charge >= 0.3 is 0 Å². The fourth-order valence-corrected chi connectivity index (χ4v) is 3.94. The summed E-state index contributed by atoms with van der Waals surface area (Å²) in [5, 5.41) is 12.9. The van der Waals surface area contributed by atoms with Crippen molar-refractivity contribution in [3.63, 3.8) is 0 Å². The standard InChI is InChI=1S/C25H30ClN5O2/c1-24(2,3)17-14-15(21(32)30-23-27-12-13-28-23)8-9-18(17)29-19-7-5-6-16(20(19)26)22(33)31-25(4)10-11-25/h5-9,14,29H,10-13H2,1-4H3,(H,31,33)(H2,27,28,30,32). The van der Waals surface area contributed by atoms with E-state index in [0.29, 0.717) is 27.8 Å². The van der Waals surface area contributed by atoms with Crippen molar-refractivity contribution in [2.24, 2.45) is 4.99 Å². The second-order valence-electron chi connectivity index (χ2n) is 9.94. The molecule has 33 heavy (non-hydrogen) atoms. The van der Waals surface area contributed by atoms with Gasteiger partial charge < -0.3 is 21.3 Å². The predicted molar refractivity (Wildman–Crippen MR) is 133 cm³/mol. The van der Waals surface area contributed by atoms with E-state index in [1.807, 2.05) is 31.2 Å². The SMILES string of the molecule is CC1(NC(=O)c2cccc(Nc3ccc(C(=O)N=C4NCCN4)cc3C(C)(C)C)c2Cl)CC1. The average molecular weight is 468 g/mol. The zero-order valence-corrected chi connectivity index (χ0v) is 20.2. The number of aliphatic imine (C=N–C) groups is 1. The number of benzene rings is 2. The third-order valence-electron chi connectivity index (χ3n) is 5.93. The predicted octanol–water partition coefficient (Wildman–Crippen LogP) is 4.35. The molecule has 8 heteroatoms. The van der Waals surface area contributed by atoms with Crippen molar-refractivity contribution in [2.45, 2.75) is 51.5 Å². The topological polar surface area (TPSA) is 94.6 Å². The first kappa shape index (κ1) is 23.1. The van der Waals surface area contributed by atoms with Crippen molar-refractivity contribution in [3.8, 4) is 0 Å². The highest BCUT2D eigenvalue weighted by molar-refractivity contribution is 6.36. The van der Waals surface area contributed by atoms with E-state index in [1.165, 1.54) is 0 Å². The number of carbonyl (C=O) groups excluding carboxylic acids is 2. The van der Waals surface area contributed by atoms with E-state index in [0.717, 1.165) is 37.2 Å². The summed E-state index contributed by atoms with van der Waals surface area (Å²) < 4.78 is 0. The molecule has 2 amide bonds. The lowest BCUT2D eigenvalue weighted by Gasteiger charge is -2.25. The molecule has 0 atom stereocenters. The maximum atomic E-state index is 12.7. The van der Waals surface area contributed by atoms with Crippen LogP contribution < -0.4 is 21.3 Å². The number of nitrogens with zero attached hydrogens (tertiary/aromatic N) is 1. The molecule has 2 aliphatic rings. The first-order valence-electron chi connectivity index (χ1n) is 11.2. The Labute approximate surface area is 199 Å². The summed E-state index contributed by atoms with van der Waals surface area (Å²) in [7, 11) is 0. The summed E-state index contributed by atoms with van der Waals surface area (Å²) in [4.78, 5) is 29.6. The zero-order chi connectivity index (χ0) is 23.8. The second-order valence-corrected chi connectivity index (χ2v) is 10.3. The van der Waals surface area contributed by atoms with Crippen LogP contribution in [0.25, 0.3) is 0 Å². The van der Waals surface area contributed by atoms with Gasteiger partial charge in [0.1, 0.15) is 0 Å². The Balaban J connectivity index is 1.62. The van der Waals surface area contributed by atoms with Crippen molar-refractivity contribution in [1.82, 2.24) is 16.0 Å². The molecular formula is C25H30ClN5O2. The second kappa shape index (κ2) is 8.71. The Morgan fingerprint density at radius 1 is 1.06 bits per heavy atom. The van der Waals surface area contributed by atoms with Crippen LogP contribution in [0.5, 0.6) is 0 Å². The molecule has 2 aromatic carbocycles. The van der Waals surface area contributed by atoms with Crippen LogP contribution in [0.4, 0.5) is 11.4 Å². The van der Waals surface area contributed by atoms with E-state index in [1.54, 1.807) is 12.1 Å².